The van der Waals surface area contributed by atoms with E-state index in [2.05, 4.69) is 36.5 Å². The van der Waals surface area contributed by atoms with Gasteiger partial charge in [0.1, 0.15) is 0 Å². The minimum absolute atomic E-state index is 0. The predicted molar refractivity (Wildman–Crippen MR) is 60.4 cm³/mol. The highest BCUT2D eigenvalue weighted by Gasteiger charge is 2.16. The van der Waals surface area contributed by atoms with Crippen LogP contribution in [0.5, 0.6) is 0 Å². The summed E-state index contributed by atoms with van der Waals surface area (Å²) < 4.78 is 2.08. The van der Waals surface area contributed by atoms with Gasteiger partial charge in [-0.1, -0.05) is 0 Å². The topological polar surface area (TPSA) is 32.3 Å². The average Bonchev–Trinajstić information content (AvgIpc) is 2.77. The molecule has 6 heteroatoms. The molecule has 1 fully saturated rings. The minimum Gasteiger partial charge on any atom is -1.00 e. The molecule has 4 nitrogen and oxygen atoms in total. The second kappa shape index (κ2) is 4.95. The summed E-state index contributed by atoms with van der Waals surface area (Å²) in [6.45, 7) is 4.20. The van der Waals surface area contributed by atoms with Crippen LogP contribution in [0.25, 0.3) is 5.52 Å². The fraction of sp³-hybridized carbons (Fsp3) is 0.400. The van der Waals surface area contributed by atoms with Crippen LogP contribution in [-0.4, -0.2) is 31.2 Å². The monoisotopic (exact) mass is 256 g/mol. The third kappa shape index (κ3) is 2.11. The summed E-state index contributed by atoms with van der Waals surface area (Å²) in [6, 6.07) is 4.28. The fourth-order valence-corrected chi connectivity index (χ4v) is 2.52. The molecule has 16 heavy (non-hydrogen) atoms. The molecule has 0 amide bonds. The summed E-state index contributed by atoms with van der Waals surface area (Å²) in [6.07, 6.45) is 1.90. The summed E-state index contributed by atoms with van der Waals surface area (Å²) in [7, 11) is 0. The van der Waals surface area contributed by atoms with Gasteiger partial charge in [0, 0.05) is 49.2 Å². The molecule has 0 spiro atoms. The molecule has 0 aliphatic carbocycles. The molecule has 0 unspecified atom stereocenters. The van der Waals surface area contributed by atoms with Gasteiger partial charge in [0.25, 0.3) is 0 Å². The number of rotatable bonds is 1. The first-order chi connectivity index (χ1) is 7.43. The predicted octanol–water partition coefficient (Wildman–Crippen LogP) is -2.70. The molecule has 0 aromatic carbocycles. The van der Waals surface area contributed by atoms with Crippen molar-refractivity contribution in [2.75, 3.05) is 31.1 Å². The highest BCUT2D eigenvalue weighted by Crippen LogP contribution is 2.12. The van der Waals surface area contributed by atoms with E-state index in [0.29, 0.717) is 0 Å². The van der Waals surface area contributed by atoms with Gasteiger partial charge < -0.3 is 22.6 Å². The van der Waals surface area contributed by atoms with Crippen molar-refractivity contribution in [3.05, 3.63) is 23.8 Å². The van der Waals surface area contributed by atoms with E-state index >= 15 is 0 Å². The number of nitrogens with zero attached hydrogens (tertiary/aromatic N) is 3. The van der Waals surface area contributed by atoms with E-state index in [1.807, 2.05) is 6.33 Å². The first kappa shape index (κ1) is 11.6. The lowest BCUT2D eigenvalue weighted by Gasteiger charge is -2.25. The zero-order valence-electron chi connectivity index (χ0n) is 8.77. The summed E-state index contributed by atoms with van der Waals surface area (Å²) in [5.41, 5.74) is 1.23. The number of piperazine rings is 1. The summed E-state index contributed by atoms with van der Waals surface area (Å²) >= 11 is 1.67. The Morgan fingerprint density at radius 1 is 1.38 bits per heavy atom. The number of aromatic nitrogens is 2. The molecule has 0 bridgehead atoms. The molecule has 1 saturated heterocycles. The van der Waals surface area contributed by atoms with E-state index in [1.165, 1.54) is 5.52 Å². The first-order valence-corrected chi connectivity index (χ1v) is 5.98. The molecule has 0 radical (unpaired) electrons. The maximum absolute atomic E-state index is 4.47. The van der Waals surface area contributed by atoms with Crippen molar-refractivity contribution < 1.29 is 16.2 Å². The van der Waals surface area contributed by atoms with E-state index in [4.69, 9.17) is 0 Å². The third-order valence-electron chi connectivity index (χ3n) is 2.68. The number of fused-ring (bicyclic) bond motifs is 1. The highest BCUT2D eigenvalue weighted by molar-refractivity contribution is 6.99. The van der Waals surface area contributed by atoms with Crippen molar-refractivity contribution in [1.29, 1.82) is 0 Å². The number of anilines is 1. The summed E-state index contributed by atoms with van der Waals surface area (Å²) in [5.74, 6) is 1.09. The zero-order valence-corrected chi connectivity index (χ0v) is 10.3. The molecule has 2 aromatic rings. The van der Waals surface area contributed by atoms with Gasteiger partial charge in [-0.2, -0.15) is 0 Å². The standard InChI is InChI=1S/C10H13N4S.ClH/c1-6-15-14-8-12-10(7-9(1)14)13-4-2-11-3-5-13;/h1,6-8,11H,2-5H2;1H/q+1;/p-1. The van der Waals surface area contributed by atoms with Crippen LogP contribution in [0.4, 0.5) is 5.82 Å². The van der Waals surface area contributed by atoms with Gasteiger partial charge in [0.15, 0.2) is 5.52 Å². The zero-order chi connectivity index (χ0) is 10.1. The van der Waals surface area contributed by atoms with Crippen molar-refractivity contribution in [3.8, 4) is 0 Å². The SMILES string of the molecule is [Cl-].c1cc2cc(N3CCNCC3)nc[n+]2s1. The van der Waals surface area contributed by atoms with Crippen LogP contribution in [0.2, 0.25) is 0 Å². The molecule has 1 aliphatic rings. The molecular weight excluding hydrogens is 244 g/mol. The van der Waals surface area contributed by atoms with E-state index in [9.17, 15) is 0 Å². The third-order valence-corrected chi connectivity index (χ3v) is 3.47. The average molecular weight is 257 g/mol. The van der Waals surface area contributed by atoms with Gasteiger partial charge in [0.2, 0.25) is 5.82 Å². The smallest absolute Gasteiger partial charge is 0.305 e. The Morgan fingerprint density at radius 3 is 3.00 bits per heavy atom. The maximum atomic E-state index is 4.47. The number of nitrogens with one attached hydrogen (secondary N) is 1. The first-order valence-electron chi connectivity index (χ1n) is 5.14. The van der Waals surface area contributed by atoms with Crippen molar-refractivity contribution in [2.24, 2.45) is 0 Å². The molecule has 1 N–H and O–H groups in total. The second-order valence-corrected chi connectivity index (χ2v) is 4.52. The van der Waals surface area contributed by atoms with E-state index < -0.39 is 0 Å². The number of hydrogen-bond donors (Lipinski definition) is 1. The minimum atomic E-state index is 0. The van der Waals surface area contributed by atoms with Crippen LogP contribution in [0.1, 0.15) is 0 Å². The Balaban J connectivity index is 0.000000963. The molecule has 3 heterocycles. The molecule has 2 aromatic heterocycles. The quantitative estimate of drug-likeness (QED) is 0.564. The molecule has 86 valence electrons. The molecule has 1 aliphatic heterocycles. The van der Waals surface area contributed by atoms with Gasteiger partial charge in [-0.05, 0) is 4.98 Å². The van der Waals surface area contributed by atoms with Gasteiger partial charge in [-0.15, -0.1) is 3.79 Å². The number of hydrogen-bond acceptors (Lipinski definition) is 4. The van der Waals surface area contributed by atoms with E-state index in [-0.39, 0.29) is 12.4 Å². The van der Waals surface area contributed by atoms with Crippen molar-refractivity contribution >= 4 is 22.9 Å². The van der Waals surface area contributed by atoms with Gasteiger partial charge in [0.05, 0.1) is 6.07 Å². The lowest BCUT2D eigenvalue weighted by Crippen LogP contribution is -3.00. The van der Waals surface area contributed by atoms with Crippen LogP contribution in [-0.2, 0) is 0 Å². The molecule has 3 rings (SSSR count). The fourth-order valence-electron chi connectivity index (χ4n) is 1.85. The molecule has 0 atom stereocenters. The van der Waals surface area contributed by atoms with Crippen LogP contribution in [0.3, 0.4) is 0 Å². The van der Waals surface area contributed by atoms with Crippen molar-refractivity contribution in [2.45, 2.75) is 0 Å². The van der Waals surface area contributed by atoms with Crippen LogP contribution < -0.4 is 26.4 Å². The van der Waals surface area contributed by atoms with Gasteiger partial charge in [-0.25, -0.2) is 0 Å². The Labute approximate surface area is 104 Å². The highest BCUT2D eigenvalue weighted by atomic mass is 35.5. The Morgan fingerprint density at radius 2 is 2.19 bits per heavy atom. The summed E-state index contributed by atoms with van der Waals surface area (Å²) in [5, 5.41) is 5.43. The van der Waals surface area contributed by atoms with Crippen LogP contribution >= 0.6 is 11.5 Å². The largest absolute Gasteiger partial charge is 1.00 e. The van der Waals surface area contributed by atoms with Crippen molar-refractivity contribution in [3.63, 3.8) is 0 Å². The lowest BCUT2D eigenvalue weighted by atomic mass is 10.3. The van der Waals surface area contributed by atoms with E-state index in [0.717, 1.165) is 32.0 Å². The second-order valence-electron chi connectivity index (χ2n) is 3.64. The van der Waals surface area contributed by atoms with Gasteiger partial charge >= 0.3 is 6.33 Å². The van der Waals surface area contributed by atoms with Crippen LogP contribution in [0, 0.1) is 0 Å². The van der Waals surface area contributed by atoms with Crippen LogP contribution in [0.15, 0.2) is 23.8 Å². The molecule has 0 saturated carbocycles. The Kier molecular flexibility index (Phi) is 3.58. The maximum Gasteiger partial charge on any atom is 0.305 e. The van der Waals surface area contributed by atoms with Gasteiger partial charge in [-0.3, -0.25) is 0 Å². The van der Waals surface area contributed by atoms with Crippen molar-refractivity contribution in [1.82, 2.24) is 10.3 Å². The number of halogens is 1. The summed E-state index contributed by atoms with van der Waals surface area (Å²) in [4.78, 5) is 6.80. The molecular formula is C10H13ClN4S. The van der Waals surface area contributed by atoms with E-state index in [1.54, 1.807) is 11.5 Å². The Bertz CT molecular complexity index is 467. The Hall–Kier alpha value is -0.910. The lowest BCUT2D eigenvalue weighted by molar-refractivity contribution is -0.436. The normalized spacial score (nSPS) is 16.1.